The molecule has 0 spiro atoms. The summed E-state index contributed by atoms with van der Waals surface area (Å²) in [5, 5.41) is 0.799. The molecule has 17 heavy (non-hydrogen) atoms. The fourth-order valence-electron chi connectivity index (χ4n) is 1.73. The number of halogens is 1. The maximum Gasteiger partial charge on any atom is 0.0543 e. The molecule has 0 aromatic heterocycles. The van der Waals surface area contributed by atoms with Crippen molar-refractivity contribution in [1.29, 1.82) is 0 Å². The molecule has 0 saturated carbocycles. The van der Waals surface area contributed by atoms with Crippen LogP contribution in [0.15, 0.2) is 24.3 Å². The zero-order chi connectivity index (χ0) is 12.7. The lowest BCUT2D eigenvalue weighted by Crippen LogP contribution is -2.37. The summed E-state index contributed by atoms with van der Waals surface area (Å²) in [5.74, 6) is 5.56. The normalized spacial score (nSPS) is 14.6. The minimum Gasteiger partial charge on any atom is -0.382 e. The van der Waals surface area contributed by atoms with Crippen molar-refractivity contribution in [1.82, 2.24) is 5.43 Å². The number of hydrogen-bond acceptors (Lipinski definition) is 3. The number of methoxy groups -OCH3 is 1. The summed E-state index contributed by atoms with van der Waals surface area (Å²) >= 11 is 6.12. The van der Waals surface area contributed by atoms with Gasteiger partial charge in [-0.15, -0.1) is 0 Å². The van der Waals surface area contributed by atoms with Crippen molar-refractivity contribution in [3.63, 3.8) is 0 Å². The van der Waals surface area contributed by atoms with Gasteiger partial charge in [0.2, 0.25) is 0 Å². The van der Waals surface area contributed by atoms with Gasteiger partial charge < -0.3 is 4.74 Å². The second kappa shape index (κ2) is 7.67. The van der Waals surface area contributed by atoms with Crippen LogP contribution < -0.4 is 11.3 Å². The molecule has 2 unspecified atom stereocenters. The van der Waals surface area contributed by atoms with Crippen LogP contribution >= 0.6 is 11.6 Å². The van der Waals surface area contributed by atoms with Crippen LogP contribution in [0.4, 0.5) is 0 Å². The van der Waals surface area contributed by atoms with E-state index in [2.05, 4.69) is 12.3 Å². The molecular weight excluding hydrogens is 236 g/mol. The summed E-state index contributed by atoms with van der Waals surface area (Å²) in [4.78, 5) is 0. The van der Waals surface area contributed by atoms with Gasteiger partial charge in [-0.05, 0) is 37.8 Å². The first-order chi connectivity index (χ1) is 8.17. The second-order valence-electron chi connectivity index (χ2n) is 4.28. The van der Waals surface area contributed by atoms with E-state index in [0.29, 0.717) is 0 Å². The molecule has 0 amide bonds. The van der Waals surface area contributed by atoms with E-state index in [-0.39, 0.29) is 12.1 Å². The molecule has 0 radical (unpaired) electrons. The zero-order valence-electron chi connectivity index (χ0n) is 10.4. The van der Waals surface area contributed by atoms with Crippen molar-refractivity contribution < 1.29 is 4.74 Å². The summed E-state index contributed by atoms with van der Waals surface area (Å²) in [6.07, 6.45) is 3.05. The lowest BCUT2D eigenvalue weighted by atomic mass is 10.0. The number of rotatable bonds is 7. The summed E-state index contributed by atoms with van der Waals surface area (Å²) in [5.41, 5.74) is 3.97. The minimum atomic E-state index is 0.229. The Morgan fingerprint density at radius 3 is 2.65 bits per heavy atom. The first kappa shape index (κ1) is 14.5. The molecule has 1 rings (SSSR count). The van der Waals surface area contributed by atoms with Crippen LogP contribution in [0.2, 0.25) is 5.02 Å². The average molecular weight is 257 g/mol. The lowest BCUT2D eigenvalue weighted by Gasteiger charge is -2.18. The number of ether oxygens (including phenoxy) is 1. The van der Waals surface area contributed by atoms with Crippen molar-refractivity contribution in [2.24, 2.45) is 5.84 Å². The van der Waals surface area contributed by atoms with E-state index in [1.807, 2.05) is 24.3 Å². The molecule has 0 aliphatic heterocycles. The smallest absolute Gasteiger partial charge is 0.0543 e. The van der Waals surface area contributed by atoms with E-state index in [9.17, 15) is 0 Å². The van der Waals surface area contributed by atoms with Crippen LogP contribution in [-0.4, -0.2) is 19.3 Å². The topological polar surface area (TPSA) is 47.3 Å². The number of nitrogens with two attached hydrogens (primary N) is 1. The Bertz CT molecular complexity index is 333. The van der Waals surface area contributed by atoms with E-state index in [4.69, 9.17) is 22.2 Å². The van der Waals surface area contributed by atoms with Crippen LogP contribution in [0.25, 0.3) is 0 Å². The van der Waals surface area contributed by atoms with E-state index >= 15 is 0 Å². The Morgan fingerprint density at radius 2 is 2.06 bits per heavy atom. The summed E-state index contributed by atoms with van der Waals surface area (Å²) < 4.78 is 5.22. The number of hydrogen-bond donors (Lipinski definition) is 2. The number of nitrogens with one attached hydrogen (secondary N) is 1. The maximum absolute atomic E-state index is 6.12. The Morgan fingerprint density at radius 1 is 1.35 bits per heavy atom. The standard InChI is InChI=1S/C13H21ClN2O/c1-10(17-2)7-8-12(16-15)9-11-5-3-4-6-13(11)14/h3-6,10,12,16H,7-9,15H2,1-2H3. The Kier molecular flexibility index (Phi) is 6.52. The molecule has 0 aliphatic carbocycles. The molecule has 96 valence electrons. The fraction of sp³-hybridized carbons (Fsp3) is 0.538. The predicted molar refractivity (Wildman–Crippen MR) is 72.0 cm³/mol. The van der Waals surface area contributed by atoms with Gasteiger partial charge in [0, 0.05) is 18.2 Å². The van der Waals surface area contributed by atoms with Gasteiger partial charge in [0.25, 0.3) is 0 Å². The Balaban J connectivity index is 2.49. The van der Waals surface area contributed by atoms with Gasteiger partial charge in [0.15, 0.2) is 0 Å². The molecule has 4 heteroatoms. The molecule has 0 heterocycles. The third-order valence-electron chi connectivity index (χ3n) is 2.98. The number of hydrazine groups is 1. The first-order valence-corrected chi connectivity index (χ1v) is 6.27. The molecular formula is C13H21ClN2O. The maximum atomic E-state index is 6.12. The van der Waals surface area contributed by atoms with Gasteiger partial charge >= 0.3 is 0 Å². The summed E-state index contributed by atoms with van der Waals surface area (Å²) in [6.45, 7) is 2.06. The number of benzene rings is 1. The SMILES string of the molecule is COC(C)CCC(Cc1ccccc1Cl)NN. The Labute approximate surface area is 108 Å². The molecule has 3 N–H and O–H groups in total. The average Bonchev–Trinajstić information content (AvgIpc) is 2.36. The molecule has 2 atom stereocenters. The molecule has 1 aromatic rings. The predicted octanol–water partition coefficient (Wildman–Crippen LogP) is 2.53. The quantitative estimate of drug-likeness (QED) is 0.582. The van der Waals surface area contributed by atoms with Crippen molar-refractivity contribution >= 4 is 11.6 Å². The molecule has 1 aromatic carbocycles. The Hall–Kier alpha value is -0.610. The molecule has 0 bridgehead atoms. The highest BCUT2D eigenvalue weighted by atomic mass is 35.5. The molecule has 3 nitrogen and oxygen atoms in total. The minimum absolute atomic E-state index is 0.229. The van der Waals surface area contributed by atoms with Crippen LogP contribution in [0, 0.1) is 0 Å². The summed E-state index contributed by atoms with van der Waals surface area (Å²) in [6, 6.07) is 8.10. The summed E-state index contributed by atoms with van der Waals surface area (Å²) in [7, 11) is 1.73. The van der Waals surface area contributed by atoms with Crippen molar-refractivity contribution in [2.45, 2.75) is 38.3 Å². The first-order valence-electron chi connectivity index (χ1n) is 5.89. The largest absolute Gasteiger partial charge is 0.382 e. The highest BCUT2D eigenvalue weighted by Gasteiger charge is 2.11. The van der Waals surface area contributed by atoms with E-state index in [0.717, 1.165) is 29.8 Å². The van der Waals surface area contributed by atoms with Gasteiger partial charge in [-0.25, -0.2) is 0 Å². The zero-order valence-corrected chi connectivity index (χ0v) is 11.2. The molecule has 0 saturated heterocycles. The van der Waals surface area contributed by atoms with Crippen molar-refractivity contribution in [3.05, 3.63) is 34.9 Å². The fourth-order valence-corrected chi connectivity index (χ4v) is 1.94. The van der Waals surface area contributed by atoms with Gasteiger partial charge in [-0.1, -0.05) is 29.8 Å². The highest BCUT2D eigenvalue weighted by Crippen LogP contribution is 2.18. The van der Waals surface area contributed by atoms with Crippen LogP contribution in [0.5, 0.6) is 0 Å². The van der Waals surface area contributed by atoms with Gasteiger partial charge in [0.1, 0.15) is 0 Å². The van der Waals surface area contributed by atoms with Crippen molar-refractivity contribution in [3.8, 4) is 0 Å². The molecule has 0 fully saturated rings. The second-order valence-corrected chi connectivity index (χ2v) is 4.69. The van der Waals surface area contributed by atoms with Crippen LogP contribution in [-0.2, 0) is 11.2 Å². The van der Waals surface area contributed by atoms with E-state index in [1.54, 1.807) is 7.11 Å². The van der Waals surface area contributed by atoms with Crippen LogP contribution in [0.1, 0.15) is 25.3 Å². The lowest BCUT2D eigenvalue weighted by molar-refractivity contribution is 0.106. The van der Waals surface area contributed by atoms with Gasteiger partial charge in [-0.2, -0.15) is 0 Å². The van der Waals surface area contributed by atoms with Gasteiger partial charge in [-0.3, -0.25) is 11.3 Å². The van der Waals surface area contributed by atoms with Gasteiger partial charge in [0.05, 0.1) is 6.10 Å². The monoisotopic (exact) mass is 256 g/mol. The molecule has 0 aliphatic rings. The van der Waals surface area contributed by atoms with E-state index in [1.165, 1.54) is 0 Å². The van der Waals surface area contributed by atoms with Crippen molar-refractivity contribution in [2.75, 3.05) is 7.11 Å². The highest BCUT2D eigenvalue weighted by molar-refractivity contribution is 6.31. The van der Waals surface area contributed by atoms with E-state index < -0.39 is 0 Å². The third kappa shape index (κ3) is 5.04. The van der Waals surface area contributed by atoms with Crippen LogP contribution in [0.3, 0.4) is 0 Å². The third-order valence-corrected chi connectivity index (χ3v) is 3.35.